The molecule has 2 aromatic rings. The number of rotatable bonds is 7. The molecule has 0 radical (unpaired) electrons. The highest BCUT2D eigenvalue weighted by atomic mass is 16.6. The Morgan fingerprint density at radius 1 is 1.26 bits per heavy atom. The van der Waals surface area contributed by atoms with E-state index in [1.54, 1.807) is 13.2 Å². The third-order valence-corrected chi connectivity index (χ3v) is 5.38. The highest BCUT2D eigenvalue weighted by Gasteiger charge is 2.42. The first-order valence-corrected chi connectivity index (χ1v) is 10.1. The SMILES string of the molecule is COC(=O)C=C(C)c1ccc(CC(C)N2CC(c3coc(C)n3)OC2C(=O)OC)cc1. The topological polar surface area (TPSA) is 91.1 Å². The molecule has 1 aliphatic heterocycles. The first kappa shape index (κ1) is 22.7. The summed E-state index contributed by atoms with van der Waals surface area (Å²) in [5.74, 6) is -0.264. The second-order valence-electron chi connectivity index (χ2n) is 7.59. The summed E-state index contributed by atoms with van der Waals surface area (Å²) in [4.78, 5) is 30.1. The van der Waals surface area contributed by atoms with Gasteiger partial charge < -0.3 is 18.6 Å². The number of ether oxygens (including phenoxy) is 3. The Morgan fingerprint density at radius 3 is 2.55 bits per heavy atom. The molecule has 0 N–H and O–H groups in total. The molecule has 3 atom stereocenters. The van der Waals surface area contributed by atoms with Gasteiger partial charge in [-0.15, -0.1) is 0 Å². The van der Waals surface area contributed by atoms with E-state index in [4.69, 9.17) is 13.9 Å². The average Bonchev–Trinajstić information content (AvgIpc) is 3.40. The van der Waals surface area contributed by atoms with Crippen molar-refractivity contribution in [3.05, 3.63) is 59.3 Å². The molecule has 1 saturated heterocycles. The molecule has 0 saturated carbocycles. The minimum absolute atomic E-state index is 0.0136. The molecule has 0 aliphatic carbocycles. The molecule has 1 aromatic heterocycles. The standard InChI is InChI=1S/C23H28N2O6/c1-14(10-21(26)28-4)18-8-6-17(7-9-18)11-15(2)25-12-20(19-13-30-16(3)24-19)31-22(25)23(27)29-5/h6-10,13,15,20,22H,11-12H2,1-5H3. The maximum absolute atomic E-state index is 12.3. The van der Waals surface area contributed by atoms with Crippen LogP contribution in [0.3, 0.4) is 0 Å². The molecule has 0 bridgehead atoms. The van der Waals surface area contributed by atoms with E-state index in [0.717, 1.165) is 16.7 Å². The van der Waals surface area contributed by atoms with Gasteiger partial charge >= 0.3 is 11.9 Å². The molecule has 1 fully saturated rings. The molecule has 8 heteroatoms. The van der Waals surface area contributed by atoms with Crippen molar-refractivity contribution >= 4 is 17.5 Å². The van der Waals surface area contributed by atoms with Crippen molar-refractivity contribution in [2.45, 2.75) is 45.6 Å². The van der Waals surface area contributed by atoms with Crippen LogP contribution in [0, 0.1) is 6.92 Å². The number of carbonyl (C=O) groups excluding carboxylic acids is 2. The van der Waals surface area contributed by atoms with Crippen molar-refractivity contribution < 1.29 is 28.2 Å². The Bertz CT molecular complexity index is 949. The van der Waals surface area contributed by atoms with Crippen molar-refractivity contribution in [2.24, 2.45) is 0 Å². The Kier molecular flexibility index (Phi) is 7.25. The van der Waals surface area contributed by atoms with Gasteiger partial charge in [0.2, 0.25) is 6.23 Å². The van der Waals surface area contributed by atoms with Crippen LogP contribution in [0.2, 0.25) is 0 Å². The Morgan fingerprint density at radius 2 is 1.97 bits per heavy atom. The van der Waals surface area contributed by atoms with Crippen LogP contribution in [-0.4, -0.2) is 54.9 Å². The molecule has 0 amide bonds. The lowest BCUT2D eigenvalue weighted by Crippen LogP contribution is -2.44. The molecular weight excluding hydrogens is 400 g/mol. The van der Waals surface area contributed by atoms with Crippen LogP contribution in [-0.2, 0) is 30.2 Å². The maximum Gasteiger partial charge on any atom is 0.350 e. The summed E-state index contributed by atoms with van der Waals surface area (Å²) in [5.41, 5.74) is 3.54. The first-order valence-electron chi connectivity index (χ1n) is 10.1. The second kappa shape index (κ2) is 9.89. The van der Waals surface area contributed by atoms with Crippen molar-refractivity contribution in [3.63, 3.8) is 0 Å². The van der Waals surface area contributed by atoms with E-state index in [2.05, 4.69) is 9.72 Å². The van der Waals surface area contributed by atoms with Gasteiger partial charge in [-0.25, -0.2) is 14.6 Å². The van der Waals surface area contributed by atoms with Crippen LogP contribution in [0.4, 0.5) is 0 Å². The van der Waals surface area contributed by atoms with Gasteiger partial charge in [0.15, 0.2) is 5.89 Å². The zero-order valence-corrected chi connectivity index (χ0v) is 18.5. The normalized spacial score (nSPS) is 20.5. The Balaban J connectivity index is 1.71. The van der Waals surface area contributed by atoms with Crippen molar-refractivity contribution in [2.75, 3.05) is 20.8 Å². The molecule has 1 aromatic carbocycles. The number of carbonyl (C=O) groups is 2. The van der Waals surface area contributed by atoms with Crippen LogP contribution in [0.25, 0.3) is 5.57 Å². The molecule has 2 heterocycles. The first-order chi connectivity index (χ1) is 14.8. The van der Waals surface area contributed by atoms with Gasteiger partial charge in [0.25, 0.3) is 0 Å². The fraction of sp³-hybridized carbons (Fsp3) is 0.435. The van der Waals surface area contributed by atoms with E-state index in [1.165, 1.54) is 20.3 Å². The molecule has 1 aliphatic rings. The highest BCUT2D eigenvalue weighted by Crippen LogP contribution is 2.31. The smallest absolute Gasteiger partial charge is 0.350 e. The van der Waals surface area contributed by atoms with E-state index in [-0.39, 0.29) is 18.1 Å². The summed E-state index contributed by atoms with van der Waals surface area (Å²) < 4.78 is 20.9. The number of hydrogen-bond donors (Lipinski definition) is 0. The number of benzene rings is 1. The minimum atomic E-state index is -0.800. The Hall–Kier alpha value is -2.97. The van der Waals surface area contributed by atoms with Gasteiger partial charge in [0, 0.05) is 25.6 Å². The summed E-state index contributed by atoms with van der Waals surface area (Å²) in [6.45, 7) is 6.18. The third-order valence-electron chi connectivity index (χ3n) is 5.38. The average molecular weight is 428 g/mol. The lowest BCUT2D eigenvalue weighted by molar-refractivity contribution is -0.162. The zero-order chi connectivity index (χ0) is 22.5. The monoisotopic (exact) mass is 428 g/mol. The number of methoxy groups -OCH3 is 2. The molecule has 0 spiro atoms. The third kappa shape index (κ3) is 5.39. The number of oxazole rings is 1. The lowest BCUT2D eigenvalue weighted by atomic mass is 10.0. The molecule has 8 nitrogen and oxygen atoms in total. The van der Waals surface area contributed by atoms with Crippen LogP contribution < -0.4 is 0 Å². The van der Waals surface area contributed by atoms with Gasteiger partial charge in [-0.05, 0) is 37.0 Å². The van der Waals surface area contributed by atoms with Gasteiger partial charge in [0.1, 0.15) is 18.1 Å². The van der Waals surface area contributed by atoms with Crippen molar-refractivity contribution in [1.29, 1.82) is 0 Å². The molecule has 31 heavy (non-hydrogen) atoms. The van der Waals surface area contributed by atoms with E-state index >= 15 is 0 Å². The lowest BCUT2D eigenvalue weighted by Gasteiger charge is -2.27. The Labute approximate surface area is 181 Å². The number of allylic oxidation sites excluding steroid dienone is 1. The molecule has 3 unspecified atom stereocenters. The van der Waals surface area contributed by atoms with Gasteiger partial charge in [-0.1, -0.05) is 24.3 Å². The number of hydrogen-bond acceptors (Lipinski definition) is 8. The molecule has 3 rings (SSSR count). The zero-order valence-electron chi connectivity index (χ0n) is 18.5. The minimum Gasteiger partial charge on any atom is -0.466 e. The fourth-order valence-electron chi connectivity index (χ4n) is 3.64. The number of aromatic nitrogens is 1. The summed E-state index contributed by atoms with van der Waals surface area (Å²) >= 11 is 0. The van der Waals surface area contributed by atoms with E-state index < -0.39 is 12.2 Å². The fourth-order valence-corrected chi connectivity index (χ4v) is 3.64. The summed E-state index contributed by atoms with van der Waals surface area (Å²) in [5, 5.41) is 0. The number of nitrogens with zero attached hydrogens (tertiary/aromatic N) is 2. The van der Waals surface area contributed by atoms with Gasteiger partial charge in [-0.3, -0.25) is 4.90 Å². The summed E-state index contributed by atoms with van der Waals surface area (Å²) in [6, 6.07) is 7.98. The second-order valence-corrected chi connectivity index (χ2v) is 7.59. The predicted octanol–water partition coefficient (Wildman–Crippen LogP) is 3.06. The van der Waals surface area contributed by atoms with Crippen LogP contribution >= 0.6 is 0 Å². The summed E-state index contributed by atoms with van der Waals surface area (Å²) in [6.07, 6.45) is 2.57. The predicted molar refractivity (Wildman–Crippen MR) is 113 cm³/mol. The van der Waals surface area contributed by atoms with E-state index in [9.17, 15) is 9.59 Å². The van der Waals surface area contributed by atoms with Crippen molar-refractivity contribution in [1.82, 2.24) is 9.88 Å². The number of esters is 2. The van der Waals surface area contributed by atoms with E-state index in [1.807, 2.05) is 43.0 Å². The van der Waals surface area contributed by atoms with E-state index in [0.29, 0.717) is 24.6 Å². The van der Waals surface area contributed by atoms with Crippen molar-refractivity contribution in [3.8, 4) is 0 Å². The largest absolute Gasteiger partial charge is 0.466 e. The number of aryl methyl sites for hydroxylation is 1. The quantitative estimate of drug-likeness (QED) is 0.491. The van der Waals surface area contributed by atoms with Gasteiger partial charge in [0.05, 0.1) is 14.2 Å². The van der Waals surface area contributed by atoms with Crippen LogP contribution in [0.15, 0.2) is 41.0 Å². The van der Waals surface area contributed by atoms with Gasteiger partial charge in [-0.2, -0.15) is 0 Å². The molecular formula is C23H28N2O6. The van der Waals surface area contributed by atoms with Crippen LogP contribution in [0.5, 0.6) is 0 Å². The maximum atomic E-state index is 12.3. The highest BCUT2D eigenvalue weighted by molar-refractivity contribution is 5.90. The molecule has 166 valence electrons. The van der Waals surface area contributed by atoms with Crippen LogP contribution in [0.1, 0.15) is 42.7 Å². The summed E-state index contributed by atoms with van der Waals surface area (Å²) in [7, 11) is 2.71.